The topological polar surface area (TPSA) is 33.7 Å². The minimum absolute atomic E-state index is 0.670. The molecule has 0 amide bonds. The van der Waals surface area contributed by atoms with Crippen LogP contribution in [0.4, 0.5) is 0 Å². The summed E-state index contributed by atoms with van der Waals surface area (Å²) in [6.07, 6.45) is 4.00. The number of nitrogens with zero attached hydrogens (tertiary/aromatic N) is 1. The lowest BCUT2D eigenvalue weighted by atomic mass is 9.78. The summed E-state index contributed by atoms with van der Waals surface area (Å²) in [6.45, 7) is 7.14. The molecule has 0 aliphatic heterocycles. The quantitative estimate of drug-likeness (QED) is 0.691. The largest absolute Gasteiger partial charge is 0.383 e. The molecule has 19 heavy (non-hydrogen) atoms. The minimum atomic E-state index is 0.670. The van der Waals surface area contributed by atoms with Crippen molar-refractivity contribution in [2.45, 2.75) is 32.2 Å². The summed E-state index contributed by atoms with van der Waals surface area (Å²) in [5.74, 6) is 1.61. The van der Waals surface area contributed by atoms with E-state index >= 15 is 0 Å². The molecule has 0 bridgehead atoms. The Bertz CT molecular complexity index is 218. The molecule has 1 aliphatic rings. The first-order valence-corrected chi connectivity index (χ1v) is 7.58. The highest BCUT2D eigenvalue weighted by molar-refractivity contribution is 4.84. The number of rotatable bonds is 9. The van der Waals surface area contributed by atoms with Gasteiger partial charge in [-0.3, -0.25) is 4.90 Å². The second-order valence-electron chi connectivity index (χ2n) is 5.86. The third-order valence-electron chi connectivity index (χ3n) is 4.33. The van der Waals surface area contributed by atoms with Crippen LogP contribution in [0.5, 0.6) is 0 Å². The van der Waals surface area contributed by atoms with E-state index in [1.807, 2.05) is 0 Å². The molecule has 0 aromatic carbocycles. The Hall–Kier alpha value is -0.160. The molecule has 114 valence electrons. The van der Waals surface area contributed by atoms with Gasteiger partial charge in [0.15, 0.2) is 0 Å². The summed E-state index contributed by atoms with van der Waals surface area (Å²) >= 11 is 0. The molecular weight excluding hydrogens is 240 g/mol. The maximum Gasteiger partial charge on any atom is 0.0589 e. The van der Waals surface area contributed by atoms with Gasteiger partial charge < -0.3 is 14.8 Å². The Kier molecular flexibility index (Phi) is 8.62. The van der Waals surface area contributed by atoms with Crippen LogP contribution in [0.25, 0.3) is 0 Å². The minimum Gasteiger partial charge on any atom is -0.383 e. The van der Waals surface area contributed by atoms with Gasteiger partial charge in [0.2, 0.25) is 0 Å². The number of hydrogen-bond acceptors (Lipinski definition) is 4. The van der Waals surface area contributed by atoms with E-state index in [4.69, 9.17) is 9.47 Å². The molecule has 1 N–H and O–H groups in total. The van der Waals surface area contributed by atoms with E-state index in [-0.39, 0.29) is 0 Å². The molecule has 0 heterocycles. The fraction of sp³-hybridized carbons (Fsp3) is 1.00. The number of methoxy groups -OCH3 is 2. The van der Waals surface area contributed by atoms with Crippen molar-refractivity contribution in [2.24, 2.45) is 11.8 Å². The first kappa shape index (κ1) is 16.9. The average Bonchev–Trinajstić information content (AvgIpc) is 2.42. The molecule has 1 aliphatic carbocycles. The van der Waals surface area contributed by atoms with Crippen LogP contribution >= 0.6 is 0 Å². The molecule has 1 fully saturated rings. The van der Waals surface area contributed by atoms with Crippen LogP contribution in [0.1, 0.15) is 26.2 Å². The van der Waals surface area contributed by atoms with Gasteiger partial charge in [0.1, 0.15) is 0 Å². The molecule has 0 spiro atoms. The lowest BCUT2D eigenvalue weighted by molar-refractivity contribution is 0.0857. The van der Waals surface area contributed by atoms with Gasteiger partial charge >= 0.3 is 0 Å². The van der Waals surface area contributed by atoms with Gasteiger partial charge in [0.05, 0.1) is 13.2 Å². The molecule has 1 saturated carbocycles. The molecule has 0 aromatic heterocycles. The third-order valence-corrected chi connectivity index (χ3v) is 4.33. The first-order chi connectivity index (χ1) is 9.21. The normalized spacial score (nSPS) is 27.9. The molecule has 4 nitrogen and oxygen atoms in total. The van der Waals surface area contributed by atoms with E-state index < -0.39 is 0 Å². The maximum atomic E-state index is 5.22. The van der Waals surface area contributed by atoms with E-state index in [1.54, 1.807) is 14.2 Å². The Morgan fingerprint density at radius 3 is 2.26 bits per heavy atom. The van der Waals surface area contributed by atoms with E-state index in [9.17, 15) is 0 Å². The molecule has 0 saturated heterocycles. The summed E-state index contributed by atoms with van der Waals surface area (Å²) in [6, 6.07) is 0.670. The fourth-order valence-electron chi connectivity index (χ4n) is 3.15. The van der Waals surface area contributed by atoms with Crippen LogP contribution in [0.15, 0.2) is 0 Å². The van der Waals surface area contributed by atoms with Crippen molar-refractivity contribution < 1.29 is 9.47 Å². The molecule has 0 aromatic rings. The highest BCUT2D eigenvalue weighted by Crippen LogP contribution is 2.29. The van der Waals surface area contributed by atoms with Crippen molar-refractivity contribution in [3.63, 3.8) is 0 Å². The van der Waals surface area contributed by atoms with Crippen LogP contribution < -0.4 is 5.32 Å². The SMILES string of the molecule is CNC1CCC(C)CC1CN(CCOC)CCOC. The summed E-state index contributed by atoms with van der Waals surface area (Å²) in [5, 5.41) is 3.50. The van der Waals surface area contributed by atoms with Crippen molar-refractivity contribution >= 4 is 0 Å². The molecule has 3 unspecified atom stereocenters. The molecule has 0 radical (unpaired) electrons. The van der Waals surface area contributed by atoms with Crippen molar-refractivity contribution in [3.8, 4) is 0 Å². The van der Waals surface area contributed by atoms with Gasteiger partial charge in [-0.05, 0) is 38.1 Å². The van der Waals surface area contributed by atoms with E-state index in [2.05, 4.69) is 24.2 Å². The van der Waals surface area contributed by atoms with Crippen LogP contribution in [-0.2, 0) is 9.47 Å². The fourth-order valence-corrected chi connectivity index (χ4v) is 3.15. The summed E-state index contributed by atoms with van der Waals surface area (Å²) in [5.41, 5.74) is 0. The van der Waals surface area contributed by atoms with Crippen molar-refractivity contribution in [3.05, 3.63) is 0 Å². The molecule has 3 atom stereocenters. The van der Waals surface area contributed by atoms with Gasteiger partial charge in [-0.1, -0.05) is 6.92 Å². The second-order valence-corrected chi connectivity index (χ2v) is 5.86. The lowest BCUT2D eigenvalue weighted by Crippen LogP contribution is -2.45. The predicted molar refractivity (Wildman–Crippen MR) is 79.5 cm³/mol. The summed E-state index contributed by atoms with van der Waals surface area (Å²) in [7, 11) is 5.64. The van der Waals surface area contributed by atoms with Gasteiger partial charge in [-0.25, -0.2) is 0 Å². The van der Waals surface area contributed by atoms with Gasteiger partial charge in [0, 0.05) is 39.9 Å². The Morgan fingerprint density at radius 2 is 1.74 bits per heavy atom. The van der Waals surface area contributed by atoms with Crippen molar-refractivity contribution in [1.82, 2.24) is 10.2 Å². The van der Waals surface area contributed by atoms with E-state index in [0.717, 1.165) is 44.7 Å². The number of nitrogens with one attached hydrogen (secondary N) is 1. The Morgan fingerprint density at radius 1 is 1.11 bits per heavy atom. The van der Waals surface area contributed by atoms with Crippen molar-refractivity contribution in [2.75, 3.05) is 54.1 Å². The highest BCUT2D eigenvalue weighted by Gasteiger charge is 2.28. The predicted octanol–water partition coefficient (Wildman–Crippen LogP) is 1.61. The zero-order valence-electron chi connectivity index (χ0n) is 13.2. The van der Waals surface area contributed by atoms with E-state index in [0.29, 0.717) is 6.04 Å². The van der Waals surface area contributed by atoms with Crippen molar-refractivity contribution in [1.29, 1.82) is 0 Å². The Labute approximate surface area is 118 Å². The van der Waals surface area contributed by atoms with Crippen LogP contribution in [-0.4, -0.2) is 65.1 Å². The summed E-state index contributed by atoms with van der Waals surface area (Å²) < 4.78 is 10.4. The standard InChI is InChI=1S/C15H32N2O2/c1-13-5-6-15(16-2)14(11-13)12-17(7-9-18-3)8-10-19-4/h13-16H,5-12H2,1-4H3. The molecular formula is C15H32N2O2. The maximum absolute atomic E-state index is 5.22. The zero-order valence-corrected chi connectivity index (χ0v) is 13.2. The monoisotopic (exact) mass is 272 g/mol. The van der Waals surface area contributed by atoms with Crippen LogP contribution in [0, 0.1) is 11.8 Å². The van der Waals surface area contributed by atoms with Gasteiger partial charge in [-0.15, -0.1) is 0 Å². The van der Waals surface area contributed by atoms with Crippen LogP contribution in [0.3, 0.4) is 0 Å². The highest BCUT2D eigenvalue weighted by atomic mass is 16.5. The smallest absolute Gasteiger partial charge is 0.0589 e. The number of hydrogen-bond donors (Lipinski definition) is 1. The van der Waals surface area contributed by atoms with Gasteiger partial charge in [-0.2, -0.15) is 0 Å². The molecule has 1 rings (SSSR count). The second kappa shape index (κ2) is 9.70. The zero-order chi connectivity index (χ0) is 14.1. The van der Waals surface area contributed by atoms with Crippen LogP contribution in [0.2, 0.25) is 0 Å². The third kappa shape index (κ3) is 6.21. The lowest BCUT2D eigenvalue weighted by Gasteiger charge is -2.38. The average molecular weight is 272 g/mol. The first-order valence-electron chi connectivity index (χ1n) is 7.58. The molecule has 4 heteroatoms. The number of ether oxygens (including phenoxy) is 2. The van der Waals surface area contributed by atoms with Gasteiger partial charge in [0.25, 0.3) is 0 Å². The summed E-state index contributed by atoms with van der Waals surface area (Å²) in [4.78, 5) is 2.49. The van der Waals surface area contributed by atoms with E-state index in [1.165, 1.54) is 19.3 Å². The Balaban J connectivity index is 2.48.